The molecular weight excluding hydrogens is 263 g/mol. The molecule has 1 aromatic carbocycles. The van der Waals surface area contributed by atoms with Gasteiger partial charge >= 0.3 is 0 Å². The van der Waals surface area contributed by atoms with E-state index in [1.807, 2.05) is 12.1 Å². The molecular formula is C12H14Cl2OS. The maximum atomic E-state index is 11.2. The molecule has 0 spiro atoms. The van der Waals surface area contributed by atoms with E-state index in [1.54, 1.807) is 24.8 Å². The summed E-state index contributed by atoms with van der Waals surface area (Å²) in [5, 5.41) is 1.27. The van der Waals surface area contributed by atoms with E-state index in [-0.39, 0.29) is 11.0 Å². The Balaban J connectivity index is 2.91. The summed E-state index contributed by atoms with van der Waals surface area (Å²) in [6.45, 7) is 3.69. The number of hydrogen-bond donors (Lipinski definition) is 0. The van der Waals surface area contributed by atoms with Crippen molar-refractivity contribution in [1.29, 1.82) is 0 Å². The molecule has 1 rings (SSSR count). The van der Waals surface area contributed by atoms with Gasteiger partial charge in [-0.2, -0.15) is 11.8 Å². The molecule has 0 heterocycles. The number of rotatable bonds is 5. The average Bonchev–Trinajstić information content (AvgIpc) is 2.21. The lowest BCUT2D eigenvalue weighted by Gasteiger charge is -2.15. The van der Waals surface area contributed by atoms with Gasteiger partial charge in [0.15, 0.2) is 0 Å². The summed E-state index contributed by atoms with van der Waals surface area (Å²) in [6, 6.07) is 5.56. The van der Waals surface area contributed by atoms with E-state index in [0.717, 1.165) is 11.3 Å². The van der Waals surface area contributed by atoms with Crippen LogP contribution in [0.15, 0.2) is 18.2 Å². The van der Waals surface area contributed by atoms with Crippen molar-refractivity contribution in [2.45, 2.75) is 25.5 Å². The third kappa shape index (κ3) is 4.00. The number of hydrogen-bond acceptors (Lipinski definition) is 2. The minimum Gasteiger partial charge on any atom is -0.300 e. The number of benzene rings is 1. The van der Waals surface area contributed by atoms with E-state index >= 15 is 0 Å². The molecule has 4 heteroatoms. The third-order valence-corrected chi connectivity index (χ3v) is 4.07. The molecule has 0 aliphatic heterocycles. The summed E-state index contributed by atoms with van der Waals surface area (Å²) in [4.78, 5) is 11.2. The summed E-state index contributed by atoms with van der Waals surface area (Å²) >= 11 is 13.6. The third-order valence-electron chi connectivity index (χ3n) is 2.16. The zero-order chi connectivity index (χ0) is 12.1. The predicted octanol–water partition coefficient (Wildman–Crippen LogP) is 4.77. The van der Waals surface area contributed by atoms with Crippen LogP contribution in [0.4, 0.5) is 0 Å². The molecule has 0 amide bonds. The highest BCUT2D eigenvalue weighted by Crippen LogP contribution is 2.35. The van der Waals surface area contributed by atoms with Crippen LogP contribution in [0, 0.1) is 0 Å². The molecule has 0 radical (unpaired) electrons. The summed E-state index contributed by atoms with van der Waals surface area (Å²) in [7, 11) is 0. The normalized spacial score (nSPS) is 12.5. The largest absolute Gasteiger partial charge is 0.300 e. The van der Waals surface area contributed by atoms with Crippen molar-refractivity contribution in [3.05, 3.63) is 33.8 Å². The number of carbonyl (C=O) groups excluding carboxylic acids is 1. The molecule has 0 bridgehead atoms. The van der Waals surface area contributed by atoms with E-state index in [0.29, 0.717) is 16.5 Å². The summed E-state index contributed by atoms with van der Waals surface area (Å²) < 4.78 is 0. The van der Waals surface area contributed by atoms with Crippen LogP contribution in [-0.2, 0) is 4.79 Å². The maximum absolute atomic E-state index is 11.2. The van der Waals surface area contributed by atoms with Crippen LogP contribution in [0.5, 0.6) is 0 Å². The fourth-order valence-corrected chi connectivity index (χ4v) is 2.85. The Hall–Kier alpha value is -0.180. The molecule has 0 fully saturated rings. The molecule has 0 N–H and O–H groups in total. The summed E-state index contributed by atoms with van der Waals surface area (Å²) in [5.41, 5.74) is 1.07. The number of ketones is 1. The Morgan fingerprint density at radius 1 is 1.38 bits per heavy atom. The first-order valence-electron chi connectivity index (χ1n) is 5.10. The van der Waals surface area contributed by atoms with Crippen molar-refractivity contribution in [3.8, 4) is 0 Å². The van der Waals surface area contributed by atoms with Crippen molar-refractivity contribution in [2.75, 3.05) is 5.75 Å². The van der Waals surface area contributed by atoms with Crippen LogP contribution in [0.1, 0.15) is 31.1 Å². The van der Waals surface area contributed by atoms with Gasteiger partial charge in [0.05, 0.1) is 10.0 Å². The average molecular weight is 277 g/mol. The minimum atomic E-state index is 0.178. The van der Waals surface area contributed by atoms with Crippen molar-refractivity contribution < 1.29 is 4.79 Å². The van der Waals surface area contributed by atoms with E-state index in [9.17, 15) is 4.79 Å². The molecule has 0 saturated heterocycles. The summed E-state index contributed by atoms with van der Waals surface area (Å²) in [6.07, 6.45) is 0.538. The molecule has 1 nitrogen and oxygen atoms in total. The van der Waals surface area contributed by atoms with Crippen LogP contribution in [0.2, 0.25) is 10.0 Å². The Morgan fingerprint density at radius 3 is 2.56 bits per heavy atom. The Labute approximate surface area is 111 Å². The van der Waals surface area contributed by atoms with Gasteiger partial charge in [0.2, 0.25) is 0 Å². The second kappa shape index (κ2) is 6.53. The first kappa shape index (κ1) is 13.9. The monoisotopic (exact) mass is 276 g/mol. The number of thioether (sulfide) groups is 1. The smallest absolute Gasteiger partial charge is 0.131 e. The molecule has 0 saturated carbocycles. The molecule has 16 heavy (non-hydrogen) atoms. The molecule has 1 atom stereocenters. The highest BCUT2D eigenvalue weighted by Gasteiger charge is 2.14. The van der Waals surface area contributed by atoms with Crippen molar-refractivity contribution >= 4 is 40.7 Å². The Morgan fingerprint density at radius 2 is 2.06 bits per heavy atom. The number of halogens is 2. The van der Waals surface area contributed by atoms with Gasteiger partial charge in [-0.25, -0.2) is 0 Å². The minimum absolute atomic E-state index is 0.178. The Kier molecular flexibility index (Phi) is 5.67. The lowest BCUT2D eigenvalue weighted by atomic mass is 10.1. The predicted molar refractivity (Wildman–Crippen MR) is 72.6 cm³/mol. The van der Waals surface area contributed by atoms with E-state index in [4.69, 9.17) is 23.2 Å². The number of Topliss-reactive ketones (excluding diaryl/α,β-unsaturated/α-hetero) is 1. The van der Waals surface area contributed by atoms with Crippen molar-refractivity contribution in [3.63, 3.8) is 0 Å². The topological polar surface area (TPSA) is 17.1 Å². The van der Waals surface area contributed by atoms with Gasteiger partial charge in [-0.15, -0.1) is 0 Å². The summed E-state index contributed by atoms with van der Waals surface area (Å²) in [5.74, 6) is 1.16. The molecule has 88 valence electrons. The van der Waals surface area contributed by atoms with Gasteiger partial charge in [-0.05, 0) is 30.4 Å². The van der Waals surface area contributed by atoms with Crippen LogP contribution in [0.3, 0.4) is 0 Å². The van der Waals surface area contributed by atoms with E-state index in [1.165, 1.54) is 0 Å². The molecule has 1 unspecified atom stereocenters. The maximum Gasteiger partial charge on any atom is 0.131 e. The second-order valence-corrected chi connectivity index (χ2v) is 5.82. The first-order chi connectivity index (χ1) is 7.54. The molecule has 0 aromatic heterocycles. The fraction of sp³-hybridized carbons (Fsp3) is 0.417. The number of carbonyl (C=O) groups is 1. The SMILES string of the molecule is CCSC(CC(C)=O)c1ccc(Cl)c(Cl)c1. The van der Waals surface area contributed by atoms with Gasteiger partial charge in [0.25, 0.3) is 0 Å². The van der Waals surface area contributed by atoms with Crippen molar-refractivity contribution in [2.24, 2.45) is 0 Å². The van der Waals surface area contributed by atoms with Crippen LogP contribution in [0.25, 0.3) is 0 Å². The van der Waals surface area contributed by atoms with Gasteiger partial charge in [0.1, 0.15) is 5.78 Å². The fourth-order valence-electron chi connectivity index (χ4n) is 1.45. The lowest BCUT2D eigenvalue weighted by Crippen LogP contribution is -2.01. The van der Waals surface area contributed by atoms with Crippen LogP contribution >= 0.6 is 35.0 Å². The van der Waals surface area contributed by atoms with Gasteiger partial charge < -0.3 is 0 Å². The van der Waals surface area contributed by atoms with Gasteiger partial charge in [-0.3, -0.25) is 4.79 Å². The second-order valence-electron chi connectivity index (χ2n) is 3.52. The quantitative estimate of drug-likeness (QED) is 0.771. The zero-order valence-corrected chi connectivity index (χ0v) is 11.6. The van der Waals surface area contributed by atoms with Crippen LogP contribution < -0.4 is 0 Å². The highest BCUT2D eigenvalue weighted by molar-refractivity contribution is 7.99. The molecule has 0 aliphatic rings. The van der Waals surface area contributed by atoms with E-state index < -0.39 is 0 Å². The molecule has 1 aromatic rings. The van der Waals surface area contributed by atoms with Crippen LogP contribution in [-0.4, -0.2) is 11.5 Å². The van der Waals surface area contributed by atoms with Gasteiger partial charge in [0, 0.05) is 11.7 Å². The highest BCUT2D eigenvalue weighted by atomic mass is 35.5. The lowest BCUT2D eigenvalue weighted by molar-refractivity contribution is -0.117. The standard InChI is InChI=1S/C12H14Cl2OS/c1-3-16-12(6-8(2)15)9-4-5-10(13)11(14)7-9/h4-5,7,12H,3,6H2,1-2H3. The Bertz CT molecular complexity index is 379. The zero-order valence-electron chi connectivity index (χ0n) is 9.30. The molecule has 0 aliphatic carbocycles. The first-order valence-corrected chi connectivity index (χ1v) is 6.91. The van der Waals surface area contributed by atoms with E-state index in [2.05, 4.69) is 6.92 Å². The van der Waals surface area contributed by atoms with Crippen molar-refractivity contribution in [1.82, 2.24) is 0 Å². The van der Waals surface area contributed by atoms with Gasteiger partial charge in [-0.1, -0.05) is 36.2 Å².